The van der Waals surface area contributed by atoms with E-state index in [0.717, 1.165) is 30.6 Å². The number of rotatable bonds is 35. The largest absolute Gasteiger partial charge is 1.00 e. The van der Waals surface area contributed by atoms with Gasteiger partial charge in [0.25, 0.3) is 0 Å². The summed E-state index contributed by atoms with van der Waals surface area (Å²) in [5.74, 6) is 0.353. The van der Waals surface area contributed by atoms with Crippen LogP contribution in [0.15, 0.2) is 0 Å². The fourth-order valence-corrected chi connectivity index (χ4v) is 6.45. The Morgan fingerprint density at radius 2 is 0.558 bits per heavy atom. The van der Waals surface area contributed by atoms with Gasteiger partial charge in [-0.05, 0) is 12.8 Å². The second-order valence-corrected chi connectivity index (χ2v) is 13.8. The number of nitrogens with one attached hydrogen (secondary N) is 1. The number of carbonyl (C=O) groups excluding carboxylic acids is 2. The van der Waals surface area contributed by atoms with E-state index in [9.17, 15) is 9.59 Å². The Labute approximate surface area is 277 Å². The molecule has 258 valence electrons. The highest BCUT2D eigenvalue weighted by atomic mass is 35.5. The smallest absolute Gasteiger partial charge is 0.205 e. The van der Waals surface area contributed by atoms with E-state index in [1.165, 1.54) is 167 Å². The minimum absolute atomic E-state index is 0. The van der Waals surface area contributed by atoms with Crippen LogP contribution in [0.25, 0.3) is 0 Å². The molecule has 43 heavy (non-hydrogen) atoms. The summed E-state index contributed by atoms with van der Waals surface area (Å²) in [4.78, 5) is 26.8. The Hall–Kier alpha value is -0.410. The van der Waals surface area contributed by atoms with Gasteiger partial charge in [-0.1, -0.05) is 194 Å². The van der Waals surface area contributed by atoms with E-state index in [-0.39, 0.29) is 24.0 Å². The van der Waals surface area contributed by atoms with Crippen LogP contribution in [-0.2, 0) is 9.59 Å². The van der Waals surface area contributed by atoms with Crippen molar-refractivity contribution in [2.75, 3.05) is 14.1 Å². The summed E-state index contributed by atoms with van der Waals surface area (Å²) < 4.78 is 0. The zero-order valence-electron chi connectivity index (χ0n) is 29.9. The molecule has 0 bridgehead atoms. The van der Waals surface area contributed by atoms with Crippen molar-refractivity contribution in [3.63, 3.8) is 0 Å². The Bertz CT molecular complexity index is 534. The van der Waals surface area contributed by atoms with Crippen molar-refractivity contribution in [2.45, 2.75) is 225 Å². The van der Waals surface area contributed by atoms with Crippen molar-refractivity contribution in [2.24, 2.45) is 0 Å². The van der Waals surface area contributed by atoms with Gasteiger partial charge in [-0.3, -0.25) is 9.59 Å². The molecule has 0 aliphatic carbocycles. The average Bonchev–Trinajstić information content (AvgIpc) is 2.97. The highest BCUT2D eigenvalue weighted by Gasteiger charge is 2.30. The van der Waals surface area contributed by atoms with Crippen LogP contribution in [0.1, 0.15) is 219 Å². The van der Waals surface area contributed by atoms with Crippen LogP contribution >= 0.6 is 0 Å². The van der Waals surface area contributed by atoms with Crippen LogP contribution in [0.4, 0.5) is 0 Å². The molecular formula is C39H78ClNO2. The minimum Gasteiger partial charge on any atom is -1.00 e. The van der Waals surface area contributed by atoms with Crippen LogP contribution in [0.2, 0.25) is 0 Å². The minimum atomic E-state index is -0.441. The van der Waals surface area contributed by atoms with Crippen LogP contribution in [0.5, 0.6) is 0 Å². The number of carbonyl (C=O) groups is 2. The molecule has 0 aliphatic rings. The van der Waals surface area contributed by atoms with Crippen LogP contribution in [0, 0.1) is 0 Å². The lowest BCUT2D eigenvalue weighted by molar-refractivity contribution is -0.865. The number of unbranched alkanes of at least 4 members (excludes halogenated alkanes) is 28. The van der Waals surface area contributed by atoms with Crippen LogP contribution in [-0.4, -0.2) is 31.7 Å². The second-order valence-electron chi connectivity index (χ2n) is 13.8. The van der Waals surface area contributed by atoms with E-state index in [1.54, 1.807) is 0 Å². The topological polar surface area (TPSA) is 38.6 Å². The number of hydrogen-bond acceptors (Lipinski definition) is 2. The molecule has 0 spiro atoms. The van der Waals surface area contributed by atoms with Crippen molar-refractivity contribution in [1.29, 1.82) is 0 Å². The Kier molecular flexibility index (Phi) is 37.5. The first-order valence-electron chi connectivity index (χ1n) is 19.4. The van der Waals surface area contributed by atoms with E-state index in [0.29, 0.717) is 12.8 Å². The van der Waals surface area contributed by atoms with Gasteiger partial charge in [0.1, 0.15) is 0 Å². The number of quaternary nitrogens is 1. The third-order valence-corrected chi connectivity index (χ3v) is 9.27. The highest BCUT2D eigenvalue weighted by molar-refractivity contribution is 6.04. The van der Waals surface area contributed by atoms with Crippen molar-refractivity contribution < 1.29 is 26.9 Å². The molecule has 3 nitrogen and oxygen atoms in total. The van der Waals surface area contributed by atoms with Crippen molar-refractivity contribution in [3.8, 4) is 0 Å². The zero-order valence-corrected chi connectivity index (χ0v) is 30.7. The summed E-state index contributed by atoms with van der Waals surface area (Å²) in [6, 6.07) is -0.441. The molecule has 0 unspecified atom stereocenters. The highest BCUT2D eigenvalue weighted by Crippen LogP contribution is 2.16. The molecule has 0 aromatic heterocycles. The summed E-state index contributed by atoms with van der Waals surface area (Å²) in [5, 5.41) is 0. The van der Waals surface area contributed by atoms with E-state index < -0.39 is 6.04 Å². The predicted molar refractivity (Wildman–Crippen MR) is 186 cm³/mol. The van der Waals surface area contributed by atoms with Gasteiger partial charge in [-0.2, -0.15) is 0 Å². The number of hydrogen-bond donors (Lipinski definition) is 1. The molecule has 0 saturated heterocycles. The maximum atomic E-state index is 12.9. The van der Waals surface area contributed by atoms with Gasteiger partial charge in [-0.25, -0.2) is 0 Å². The van der Waals surface area contributed by atoms with Gasteiger partial charge in [0.05, 0.1) is 14.1 Å². The number of Topliss-reactive ketones (excluding diaryl/α,β-unsaturated/α-hetero) is 2. The number of ketones is 2. The zero-order chi connectivity index (χ0) is 30.9. The lowest BCUT2D eigenvalue weighted by Crippen LogP contribution is -3.12. The molecule has 0 aromatic rings. The SMILES string of the molecule is CCCCCCCCCCCCCCCCCC(=O)C(C(=O)CCCCCCCCCCCCCCCCC)[NH+](C)C.[Cl-]. The normalized spacial score (nSPS) is 11.4. The molecule has 0 saturated carbocycles. The monoisotopic (exact) mass is 628 g/mol. The molecule has 1 N–H and O–H groups in total. The Balaban J connectivity index is 0. The van der Waals surface area contributed by atoms with Gasteiger partial charge in [0, 0.05) is 12.8 Å². The van der Waals surface area contributed by atoms with Gasteiger partial charge >= 0.3 is 0 Å². The lowest BCUT2D eigenvalue weighted by Gasteiger charge is -2.19. The summed E-state index contributed by atoms with van der Waals surface area (Å²) >= 11 is 0. The second kappa shape index (κ2) is 36.1. The van der Waals surface area contributed by atoms with Gasteiger partial charge in [0.2, 0.25) is 6.04 Å². The summed E-state index contributed by atoms with van der Waals surface area (Å²) in [6.45, 7) is 4.57. The predicted octanol–water partition coefficient (Wildman–Crippen LogP) is 8.16. The molecular weight excluding hydrogens is 550 g/mol. The maximum Gasteiger partial charge on any atom is 0.205 e. The molecule has 0 aliphatic heterocycles. The summed E-state index contributed by atoms with van der Waals surface area (Å²) in [7, 11) is 3.94. The van der Waals surface area contributed by atoms with Crippen molar-refractivity contribution in [1.82, 2.24) is 0 Å². The van der Waals surface area contributed by atoms with Crippen molar-refractivity contribution in [3.05, 3.63) is 0 Å². The van der Waals surface area contributed by atoms with Gasteiger partial charge < -0.3 is 17.3 Å². The molecule has 4 heteroatoms. The van der Waals surface area contributed by atoms with Crippen molar-refractivity contribution >= 4 is 11.6 Å². The average molecular weight is 629 g/mol. The first kappa shape index (κ1) is 44.7. The summed E-state index contributed by atoms with van der Waals surface area (Å²) in [5.41, 5.74) is 0. The fourth-order valence-electron chi connectivity index (χ4n) is 6.45. The Morgan fingerprint density at radius 1 is 0.372 bits per heavy atom. The number of halogens is 1. The van der Waals surface area contributed by atoms with Crippen LogP contribution in [0.3, 0.4) is 0 Å². The molecule has 0 radical (unpaired) electrons. The molecule has 0 heterocycles. The standard InChI is InChI=1S/C39H77NO2.ClH/c1-5-7-9-11-13-15-17-19-21-23-25-27-29-31-33-35-37(41)39(40(3)4)38(42)36-34-32-30-28-26-24-22-20-18-16-14-12-10-8-6-2;/h39H,5-36H2,1-4H3;1H. The fraction of sp³-hybridized carbons (Fsp3) is 0.949. The molecule has 0 fully saturated rings. The third kappa shape index (κ3) is 31.4. The third-order valence-electron chi connectivity index (χ3n) is 9.27. The summed E-state index contributed by atoms with van der Waals surface area (Å²) in [6.07, 6.45) is 41.2. The van der Waals surface area contributed by atoms with E-state index in [4.69, 9.17) is 0 Å². The molecule has 0 aromatic carbocycles. The van der Waals surface area contributed by atoms with Crippen LogP contribution < -0.4 is 17.3 Å². The lowest BCUT2D eigenvalue weighted by atomic mass is 9.96. The van der Waals surface area contributed by atoms with E-state index >= 15 is 0 Å². The maximum absolute atomic E-state index is 12.9. The van der Waals surface area contributed by atoms with Gasteiger partial charge in [0.15, 0.2) is 11.6 Å². The van der Waals surface area contributed by atoms with E-state index in [2.05, 4.69) is 13.8 Å². The molecule has 0 atom stereocenters. The van der Waals surface area contributed by atoms with E-state index in [1.807, 2.05) is 14.1 Å². The first-order chi connectivity index (χ1) is 20.5. The quantitative estimate of drug-likeness (QED) is 0.0569. The first-order valence-corrected chi connectivity index (χ1v) is 19.4. The Morgan fingerprint density at radius 3 is 0.744 bits per heavy atom. The molecule has 0 rings (SSSR count). The number of likely N-dealkylation sites (N-methyl/N-ethyl adjacent to an activating group) is 1. The van der Waals surface area contributed by atoms with Gasteiger partial charge in [-0.15, -0.1) is 0 Å². The molecule has 0 amide bonds.